The molecule has 0 bridgehead atoms. The number of hydrogen-bond acceptors (Lipinski definition) is 4. The summed E-state index contributed by atoms with van der Waals surface area (Å²) in [4.78, 5) is 12.5. The molecule has 6 heteroatoms. The molecule has 2 heterocycles. The summed E-state index contributed by atoms with van der Waals surface area (Å²) in [6, 6.07) is 0. The number of methoxy groups -OCH3 is 1. The Labute approximate surface area is 119 Å². The van der Waals surface area contributed by atoms with Gasteiger partial charge in [-0.2, -0.15) is 5.10 Å². The zero-order chi connectivity index (χ0) is 14.4. The monoisotopic (exact) mass is 280 g/mol. The molecule has 0 aromatic carbocycles. The van der Waals surface area contributed by atoms with Crippen LogP contribution in [0.2, 0.25) is 0 Å². The highest BCUT2D eigenvalue weighted by Gasteiger charge is 2.39. The number of rotatable bonds is 6. The van der Waals surface area contributed by atoms with Crippen LogP contribution in [-0.4, -0.2) is 49.0 Å². The summed E-state index contributed by atoms with van der Waals surface area (Å²) in [6.07, 6.45) is 5.45. The molecule has 112 valence electrons. The molecule has 0 radical (unpaired) electrons. The molecule has 2 rings (SSSR count). The van der Waals surface area contributed by atoms with Gasteiger partial charge in [-0.1, -0.05) is 0 Å². The van der Waals surface area contributed by atoms with Crippen molar-refractivity contribution in [3.8, 4) is 0 Å². The molecule has 20 heavy (non-hydrogen) atoms. The quantitative estimate of drug-likeness (QED) is 0.788. The third-order valence-corrected chi connectivity index (χ3v) is 3.85. The average molecular weight is 280 g/mol. The fourth-order valence-electron chi connectivity index (χ4n) is 2.68. The number of aromatic nitrogens is 2. The van der Waals surface area contributed by atoms with Crippen molar-refractivity contribution in [3.05, 3.63) is 18.0 Å². The third-order valence-electron chi connectivity index (χ3n) is 3.85. The second-order valence-corrected chi connectivity index (χ2v) is 5.50. The van der Waals surface area contributed by atoms with Gasteiger partial charge in [0.25, 0.3) is 0 Å². The first-order valence-corrected chi connectivity index (χ1v) is 7.13. The van der Waals surface area contributed by atoms with E-state index >= 15 is 0 Å². The van der Waals surface area contributed by atoms with E-state index in [9.17, 15) is 4.79 Å². The van der Waals surface area contributed by atoms with Crippen molar-refractivity contribution in [3.63, 3.8) is 0 Å². The molecule has 2 N–H and O–H groups in total. The van der Waals surface area contributed by atoms with E-state index in [1.807, 2.05) is 24.0 Å². The SMILES string of the molecule is COCC1(C(=O)NCCn2cc(C)cn2)CCNCC1. The van der Waals surface area contributed by atoms with E-state index in [1.165, 1.54) is 0 Å². The number of nitrogens with zero attached hydrogens (tertiary/aromatic N) is 2. The Balaban J connectivity index is 1.85. The summed E-state index contributed by atoms with van der Waals surface area (Å²) in [6.45, 7) is 5.52. The van der Waals surface area contributed by atoms with Crippen molar-refractivity contribution < 1.29 is 9.53 Å². The van der Waals surface area contributed by atoms with Gasteiger partial charge in [-0.05, 0) is 38.4 Å². The van der Waals surface area contributed by atoms with Crippen LogP contribution in [0.15, 0.2) is 12.4 Å². The second-order valence-electron chi connectivity index (χ2n) is 5.50. The first kappa shape index (κ1) is 15.0. The van der Waals surface area contributed by atoms with E-state index < -0.39 is 0 Å². The minimum atomic E-state index is -0.375. The predicted octanol–water partition coefficient (Wildman–Crippen LogP) is 0.324. The van der Waals surface area contributed by atoms with Gasteiger partial charge < -0.3 is 15.4 Å². The van der Waals surface area contributed by atoms with Gasteiger partial charge in [0.15, 0.2) is 0 Å². The Bertz CT molecular complexity index is 433. The fraction of sp³-hybridized carbons (Fsp3) is 0.714. The number of carbonyl (C=O) groups excluding carboxylic acids is 1. The molecule has 1 amide bonds. The zero-order valence-corrected chi connectivity index (χ0v) is 12.3. The van der Waals surface area contributed by atoms with Gasteiger partial charge in [0, 0.05) is 19.9 Å². The molecular formula is C14H24N4O2. The van der Waals surface area contributed by atoms with Gasteiger partial charge in [0.1, 0.15) is 0 Å². The molecule has 1 aromatic rings. The Morgan fingerprint density at radius 3 is 2.90 bits per heavy atom. The number of hydrogen-bond donors (Lipinski definition) is 2. The van der Waals surface area contributed by atoms with Crippen LogP contribution < -0.4 is 10.6 Å². The number of nitrogens with one attached hydrogen (secondary N) is 2. The van der Waals surface area contributed by atoms with Crippen LogP contribution >= 0.6 is 0 Å². The van der Waals surface area contributed by atoms with Gasteiger partial charge in [-0.25, -0.2) is 0 Å². The van der Waals surface area contributed by atoms with Crippen LogP contribution in [0.3, 0.4) is 0 Å². The lowest BCUT2D eigenvalue weighted by Crippen LogP contribution is -2.50. The summed E-state index contributed by atoms with van der Waals surface area (Å²) in [7, 11) is 1.66. The fourth-order valence-corrected chi connectivity index (χ4v) is 2.68. The molecule has 6 nitrogen and oxygen atoms in total. The summed E-state index contributed by atoms with van der Waals surface area (Å²) < 4.78 is 7.12. The smallest absolute Gasteiger partial charge is 0.228 e. The number of ether oxygens (including phenoxy) is 1. The van der Waals surface area contributed by atoms with Crippen LogP contribution in [0.4, 0.5) is 0 Å². The summed E-state index contributed by atoms with van der Waals surface area (Å²) in [5.74, 6) is 0.102. The van der Waals surface area contributed by atoms with Gasteiger partial charge in [-0.3, -0.25) is 9.48 Å². The Morgan fingerprint density at radius 2 is 2.30 bits per heavy atom. The van der Waals surface area contributed by atoms with Gasteiger partial charge in [0.2, 0.25) is 5.91 Å². The normalized spacial score (nSPS) is 17.9. The molecular weight excluding hydrogens is 256 g/mol. The van der Waals surface area contributed by atoms with E-state index in [1.54, 1.807) is 7.11 Å². The van der Waals surface area contributed by atoms with E-state index in [-0.39, 0.29) is 11.3 Å². The van der Waals surface area contributed by atoms with Crippen molar-refractivity contribution in [1.82, 2.24) is 20.4 Å². The van der Waals surface area contributed by atoms with Crippen molar-refractivity contribution in [2.75, 3.05) is 33.4 Å². The molecule has 1 saturated heterocycles. The topological polar surface area (TPSA) is 68.2 Å². The van der Waals surface area contributed by atoms with Gasteiger partial charge in [-0.15, -0.1) is 0 Å². The molecule has 0 saturated carbocycles. The van der Waals surface area contributed by atoms with E-state index in [0.717, 1.165) is 31.5 Å². The molecule has 0 aliphatic carbocycles. The number of aryl methyl sites for hydroxylation is 1. The van der Waals surface area contributed by atoms with Crippen molar-refractivity contribution >= 4 is 5.91 Å². The molecule has 1 aliphatic heterocycles. The standard InChI is InChI=1S/C14H24N4O2/c1-12-9-17-18(10-12)8-7-16-13(19)14(11-20-2)3-5-15-6-4-14/h9-10,15H,3-8,11H2,1-2H3,(H,16,19). The maximum atomic E-state index is 12.5. The summed E-state index contributed by atoms with van der Waals surface area (Å²) >= 11 is 0. The number of carbonyl (C=O) groups is 1. The minimum absolute atomic E-state index is 0.102. The van der Waals surface area contributed by atoms with Gasteiger partial charge in [0.05, 0.1) is 24.8 Å². The zero-order valence-electron chi connectivity index (χ0n) is 12.3. The Kier molecular flexibility index (Phi) is 5.14. The maximum Gasteiger partial charge on any atom is 0.228 e. The first-order valence-electron chi connectivity index (χ1n) is 7.13. The lowest BCUT2D eigenvalue weighted by molar-refractivity contribution is -0.136. The van der Waals surface area contributed by atoms with E-state index in [2.05, 4.69) is 15.7 Å². The van der Waals surface area contributed by atoms with E-state index in [4.69, 9.17) is 4.74 Å². The van der Waals surface area contributed by atoms with Gasteiger partial charge >= 0.3 is 0 Å². The third kappa shape index (κ3) is 3.58. The molecule has 1 aromatic heterocycles. The highest BCUT2D eigenvalue weighted by molar-refractivity contribution is 5.82. The lowest BCUT2D eigenvalue weighted by Gasteiger charge is -2.35. The molecule has 0 atom stereocenters. The molecule has 0 spiro atoms. The number of piperidine rings is 1. The van der Waals surface area contributed by atoms with Crippen LogP contribution in [0.1, 0.15) is 18.4 Å². The largest absolute Gasteiger partial charge is 0.384 e. The number of amides is 1. The molecule has 1 aliphatic rings. The highest BCUT2D eigenvalue weighted by Crippen LogP contribution is 2.29. The first-order chi connectivity index (χ1) is 9.66. The van der Waals surface area contributed by atoms with Crippen molar-refractivity contribution in [1.29, 1.82) is 0 Å². The van der Waals surface area contributed by atoms with Crippen molar-refractivity contribution in [2.24, 2.45) is 5.41 Å². The van der Waals surface area contributed by atoms with Crippen LogP contribution in [-0.2, 0) is 16.1 Å². The van der Waals surface area contributed by atoms with Crippen LogP contribution in [0, 0.1) is 12.3 Å². The van der Waals surface area contributed by atoms with Crippen LogP contribution in [0.5, 0.6) is 0 Å². The second kappa shape index (κ2) is 6.85. The van der Waals surface area contributed by atoms with E-state index in [0.29, 0.717) is 19.7 Å². The minimum Gasteiger partial charge on any atom is -0.384 e. The molecule has 0 unspecified atom stereocenters. The lowest BCUT2D eigenvalue weighted by atomic mass is 9.78. The highest BCUT2D eigenvalue weighted by atomic mass is 16.5. The molecule has 1 fully saturated rings. The summed E-state index contributed by atoms with van der Waals surface area (Å²) in [5, 5.41) is 10.5. The predicted molar refractivity (Wildman–Crippen MR) is 76.4 cm³/mol. The average Bonchev–Trinajstić information content (AvgIpc) is 2.86. The van der Waals surface area contributed by atoms with Crippen LogP contribution in [0.25, 0.3) is 0 Å². The maximum absolute atomic E-state index is 12.5. The Morgan fingerprint density at radius 1 is 1.55 bits per heavy atom. The van der Waals surface area contributed by atoms with Crippen molar-refractivity contribution in [2.45, 2.75) is 26.3 Å². The summed E-state index contributed by atoms with van der Waals surface area (Å²) in [5.41, 5.74) is 0.755. The Hall–Kier alpha value is -1.40.